The van der Waals surface area contributed by atoms with Gasteiger partial charge in [-0.1, -0.05) is 25.1 Å². The molecule has 2 N–H and O–H groups in total. The van der Waals surface area contributed by atoms with E-state index in [1.165, 1.54) is 5.56 Å². The Hall–Kier alpha value is -1.75. The Bertz CT molecular complexity index is 601. The normalized spacial score (nSPS) is 27.1. The van der Waals surface area contributed by atoms with E-state index < -0.39 is 0 Å². The highest BCUT2D eigenvalue weighted by molar-refractivity contribution is 5.80. The van der Waals surface area contributed by atoms with Crippen LogP contribution in [0.3, 0.4) is 0 Å². The van der Waals surface area contributed by atoms with E-state index in [4.69, 9.17) is 4.74 Å². The van der Waals surface area contributed by atoms with E-state index in [1.54, 1.807) is 0 Å². The van der Waals surface area contributed by atoms with Gasteiger partial charge in [0.05, 0.1) is 6.61 Å². The lowest BCUT2D eigenvalue weighted by Gasteiger charge is -2.27. The molecule has 138 valence electrons. The molecule has 2 heterocycles. The number of rotatable bonds is 4. The molecular weight excluding hydrogens is 312 g/mol. The van der Waals surface area contributed by atoms with E-state index in [0.717, 1.165) is 44.4 Å². The van der Waals surface area contributed by atoms with E-state index in [0.29, 0.717) is 23.9 Å². The van der Waals surface area contributed by atoms with Crippen molar-refractivity contribution < 1.29 is 4.74 Å². The van der Waals surface area contributed by atoms with E-state index >= 15 is 0 Å². The molecule has 0 radical (unpaired) electrons. The van der Waals surface area contributed by atoms with Crippen molar-refractivity contribution in [3.8, 4) is 5.75 Å². The smallest absolute Gasteiger partial charge is 0.191 e. The zero-order chi connectivity index (χ0) is 17.8. The van der Waals surface area contributed by atoms with Crippen molar-refractivity contribution in [2.75, 3.05) is 33.3 Å². The molecule has 5 nitrogen and oxygen atoms in total. The number of aliphatic imine (C=N–C) groups is 1. The maximum Gasteiger partial charge on any atom is 0.191 e. The second kappa shape index (κ2) is 8.09. The van der Waals surface area contributed by atoms with Gasteiger partial charge in [-0.25, -0.2) is 0 Å². The van der Waals surface area contributed by atoms with Gasteiger partial charge in [0.1, 0.15) is 5.75 Å². The lowest BCUT2D eigenvalue weighted by molar-refractivity contribution is 0.265. The maximum atomic E-state index is 5.76. The van der Waals surface area contributed by atoms with Gasteiger partial charge in [-0.3, -0.25) is 9.89 Å². The first kappa shape index (κ1) is 18.1. The van der Waals surface area contributed by atoms with Crippen LogP contribution in [0.1, 0.15) is 38.7 Å². The number of guanidine groups is 1. The zero-order valence-corrected chi connectivity index (χ0v) is 16.0. The van der Waals surface area contributed by atoms with Crippen LogP contribution < -0.4 is 15.4 Å². The van der Waals surface area contributed by atoms with E-state index in [1.807, 2.05) is 13.1 Å². The Balaban J connectivity index is 1.56. The predicted molar refractivity (Wildman–Crippen MR) is 103 cm³/mol. The number of hydrogen-bond donors (Lipinski definition) is 2. The van der Waals surface area contributed by atoms with Gasteiger partial charge in [0, 0.05) is 44.7 Å². The Morgan fingerprint density at radius 3 is 2.84 bits per heavy atom. The van der Waals surface area contributed by atoms with Gasteiger partial charge in [0.2, 0.25) is 0 Å². The highest BCUT2D eigenvalue weighted by Crippen LogP contribution is 2.32. The van der Waals surface area contributed by atoms with Crippen molar-refractivity contribution in [2.24, 2.45) is 10.9 Å². The summed E-state index contributed by atoms with van der Waals surface area (Å²) in [7, 11) is 1.85. The second-order valence-electron chi connectivity index (χ2n) is 7.60. The topological polar surface area (TPSA) is 48.9 Å². The molecule has 5 heteroatoms. The predicted octanol–water partition coefficient (Wildman–Crippen LogP) is 2.45. The van der Waals surface area contributed by atoms with Crippen molar-refractivity contribution in [1.29, 1.82) is 0 Å². The van der Waals surface area contributed by atoms with Crippen LogP contribution >= 0.6 is 0 Å². The summed E-state index contributed by atoms with van der Waals surface area (Å²) in [6, 6.07) is 9.43. The van der Waals surface area contributed by atoms with Crippen LogP contribution in [0.2, 0.25) is 0 Å². The van der Waals surface area contributed by atoms with Crippen molar-refractivity contribution in [3.05, 3.63) is 29.8 Å². The number of ether oxygens (including phenoxy) is 1. The van der Waals surface area contributed by atoms with Gasteiger partial charge in [-0.15, -0.1) is 0 Å². The van der Waals surface area contributed by atoms with Gasteiger partial charge >= 0.3 is 0 Å². The molecule has 0 spiro atoms. The van der Waals surface area contributed by atoms with Gasteiger partial charge in [0.15, 0.2) is 5.96 Å². The summed E-state index contributed by atoms with van der Waals surface area (Å²) in [6.07, 6.45) is 1.04. The summed E-state index contributed by atoms with van der Waals surface area (Å²) in [5, 5.41) is 7.17. The lowest BCUT2D eigenvalue weighted by Crippen LogP contribution is -2.47. The number of benzene rings is 1. The van der Waals surface area contributed by atoms with Gasteiger partial charge in [0.25, 0.3) is 0 Å². The number of likely N-dealkylation sites (tertiary alicyclic amines) is 1. The number of fused-ring (bicyclic) bond motifs is 1. The first-order chi connectivity index (χ1) is 12.1. The van der Waals surface area contributed by atoms with Crippen molar-refractivity contribution >= 4 is 5.96 Å². The summed E-state index contributed by atoms with van der Waals surface area (Å²) in [4.78, 5) is 6.97. The average molecular weight is 345 g/mol. The molecule has 0 aromatic heterocycles. The quantitative estimate of drug-likeness (QED) is 0.651. The average Bonchev–Trinajstić information content (AvgIpc) is 2.99. The van der Waals surface area contributed by atoms with Crippen LogP contribution in [0.15, 0.2) is 29.3 Å². The molecule has 3 atom stereocenters. The molecular formula is C20H32N4O. The molecule has 3 unspecified atom stereocenters. The van der Waals surface area contributed by atoms with Crippen LogP contribution in [-0.4, -0.2) is 56.2 Å². The molecule has 1 fully saturated rings. The molecule has 25 heavy (non-hydrogen) atoms. The summed E-state index contributed by atoms with van der Waals surface area (Å²) >= 11 is 0. The van der Waals surface area contributed by atoms with Crippen LogP contribution in [0.25, 0.3) is 0 Å². The first-order valence-electron chi connectivity index (χ1n) is 9.51. The summed E-state index contributed by atoms with van der Waals surface area (Å²) in [5.74, 6) is 3.04. The fourth-order valence-corrected chi connectivity index (χ4v) is 3.83. The third kappa shape index (κ3) is 4.27. The molecule has 2 aliphatic heterocycles. The third-order valence-corrected chi connectivity index (χ3v) is 5.52. The van der Waals surface area contributed by atoms with Gasteiger partial charge in [-0.05, 0) is 37.8 Å². The molecule has 3 rings (SSSR count). The minimum Gasteiger partial charge on any atom is -0.493 e. The van der Waals surface area contributed by atoms with E-state index in [-0.39, 0.29) is 0 Å². The fraction of sp³-hybridized carbons (Fsp3) is 0.650. The Morgan fingerprint density at radius 1 is 1.32 bits per heavy atom. The zero-order valence-electron chi connectivity index (χ0n) is 16.0. The Kier molecular flexibility index (Phi) is 5.84. The van der Waals surface area contributed by atoms with Crippen molar-refractivity contribution in [2.45, 2.75) is 45.2 Å². The lowest BCUT2D eigenvalue weighted by atomic mass is 9.93. The minimum atomic E-state index is 0.454. The largest absolute Gasteiger partial charge is 0.493 e. The second-order valence-corrected chi connectivity index (χ2v) is 7.60. The molecule has 0 aliphatic carbocycles. The summed E-state index contributed by atoms with van der Waals surface area (Å²) in [5.41, 5.74) is 1.30. The molecule has 1 saturated heterocycles. The fourth-order valence-electron chi connectivity index (χ4n) is 3.83. The van der Waals surface area contributed by atoms with Crippen LogP contribution in [-0.2, 0) is 0 Å². The molecule has 1 aromatic carbocycles. The Labute approximate surface area is 151 Å². The van der Waals surface area contributed by atoms with Gasteiger partial charge < -0.3 is 15.4 Å². The standard InChI is InChI=1S/C20H32N4O/c1-14(2)24-12-15(3)18(13-24)23-20(21-4)22-11-16-9-10-25-19-8-6-5-7-17(16)19/h5-8,14-16,18H,9-13H2,1-4H3,(H2,21,22,23). The van der Waals surface area contributed by atoms with Crippen molar-refractivity contribution in [3.63, 3.8) is 0 Å². The molecule has 0 bridgehead atoms. The van der Waals surface area contributed by atoms with E-state index in [2.05, 4.69) is 59.5 Å². The van der Waals surface area contributed by atoms with Crippen molar-refractivity contribution in [1.82, 2.24) is 15.5 Å². The number of hydrogen-bond acceptors (Lipinski definition) is 3. The third-order valence-electron chi connectivity index (χ3n) is 5.52. The van der Waals surface area contributed by atoms with Crippen LogP contribution in [0.4, 0.5) is 0 Å². The highest BCUT2D eigenvalue weighted by atomic mass is 16.5. The minimum absolute atomic E-state index is 0.454. The monoisotopic (exact) mass is 344 g/mol. The summed E-state index contributed by atoms with van der Waals surface area (Å²) < 4.78 is 5.76. The highest BCUT2D eigenvalue weighted by Gasteiger charge is 2.31. The number of nitrogens with zero attached hydrogens (tertiary/aromatic N) is 2. The molecule has 2 aliphatic rings. The molecule has 0 amide bonds. The van der Waals surface area contributed by atoms with Gasteiger partial charge in [-0.2, -0.15) is 0 Å². The SMILES string of the molecule is CN=C(NCC1CCOc2ccccc21)NC1CN(C(C)C)CC1C. The molecule has 1 aromatic rings. The summed E-state index contributed by atoms with van der Waals surface area (Å²) in [6.45, 7) is 10.8. The first-order valence-corrected chi connectivity index (χ1v) is 9.51. The van der Waals surface area contributed by atoms with Crippen LogP contribution in [0, 0.1) is 5.92 Å². The van der Waals surface area contributed by atoms with E-state index in [9.17, 15) is 0 Å². The number of para-hydroxylation sites is 1. The number of nitrogens with one attached hydrogen (secondary N) is 2. The maximum absolute atomic E-state index is 5.76. The molecule has 0 saturated carbocycles. The van der Waals surface area contributed by atoms with Crippen LogP contribution in [0.5, 0.6) is 5.75 Å². The Morgan fingerprint density at radius 2 is 2.12 bits per heavy atom.